The molecule has 0 spiro atoms. The van der Waals surface area contributed by atoms with Gasteiger partial charge in [-0.2, -0.15) is 13.2 Å². The molecule has 0 aromatic heterocycles. The third kappa shape index (κ3) is 5.02. The Labute approximate surface area is 158 Å². The summed E-state index contributed by atoms with van der Waals surface area (Å²) >= 11 is 0. The molecule has 0 heterocycles. The summed E-state index contributed by atoms with van der Waals surface area (Å²) in [6.07, 6.45) is -3.18. The highest BCUT2D eigenvalue weighted by Crippen LogP contribution is 2.39. The van der Waals surface area contributed by atoms with Crippen LogP contribution in [-0.4, -0.2) is 18.1 Å². The van der Waals surface area contributed by atoms with E-state index in [0.29, 0.717) is 24.2 Å². The number of carbonyl (C=O) groups is 1. The minimum absolute atomic E-state index is 0.0151. The number of hydrogen-bond acceptors (Lipinski definition) is 2. The molecule has 0 unspecified atom stereocenters. The number of ketones is 1. The van der Waals surface area contributed by atoms with Crippen LogP contribution in [0.25, 0.3) is 10.8 Å². The van der Waals surface area contributed by atoms with Gasteiger partial charge in [0.05, 0.1) is 12.0 Å². The molecule has 1 fully saturated rings. The van der Waals surface area contributed by atoms with Crippen LogP contribution in [0.3, 0.4) is 0 Å². The van der Waals surface area contributed by atoms with Gasteiger partial charge in [-0.1, -0.05) is 32.0 Å². The van der Waals surface area contributed by atoms with Gasteiger partial charge in [0.15, 0.2) is 5.78 Å². The summed E-state index contributed by atoms with van der Waals surface area (Å²) in [5.41, 5.74) is 1.61. The van der Waals surface area contributed by atoms with Crippen molar-refractivity contribution in [3.8, 4) is 5.75 Å². The topological polar surface area (TPSA) is 26.3 Å². The first-order valence-corrected chi connectivity index (χ1v) is 9.53. The van der Waals surface area contributed by atoms with E-state index in [0.717, 1.165) is 16.3 Å². The van der Waals surface area contributed by atoms with Crippen LogP contribution in [0.15, 0.2) is 30.3 Å². The van der Waals surface area contributed by atoms with Gasteiger partial charge in [0, 0.05) is 5.56 Å². The Morgan fingerprint density at radius 2 is 1.67 bits per heavy atom. The van der Waals surface area contributed by atoms with E-state index in [2.05, 4.69) is 0 Å². The molecular weight excluding hydrogens is 353 g/mol. The quantitative estimate of drug-likeness (QED) is 0.543. The maximum Gasteiger partial charge on any atom is 0.391 e. The van der Waals surface area contributed by atoms with E-state index in [-0.39, 0.29) is 24.7 Å². The number of benzene rings is 2. The molecule has 1 aliphatic carbocycles. The van der Waals surface area contributed by atoms with Crippen molar-refractivity contribution in [2.75, 3.05) is 0 Å². The predicted octanol–water partition coefficient (Wildman–Crippen LogP) is 6.88. The molecular formula is C22H27F3O2. The SMILES string of the molecule is CC.CC(=O)c1ccc2c(C)c(OC3CCC(C(F)(F)F)CC3)ccc2c1. The number of aryl methyl sites for hydroxylation is 1. The van der Waals surface area contributed by atoms with Gasteiger partial charge in [-0.25, -0.2) is 0 Å². The van der Waals surface area contributed by atoms with E-state index >= 15 is 0 Å². The van der Waals surface area contributed by atoms with Gasteiger partial charge < -0.3 is 4.74 Å². The maximum absolute atomic E-state index is 12.8. The number of hydrogen-bond donors (Lipinski definition) is 0. The third-order valence-corrected chi connectivity index (χ3v) is 5.08. The second-order valence-electron chi connectivity index (χ2n) is 6.81. The molecule has 1 aliphatic rings. The second kappa shape index (κ2) is 8.77. The third-order valence-electron chi connectivity index (χ3n) is 5.08. The predicted molar refractivity (Wildman–Crippen MR) is 102 cm³/mol. The lowest BCUT2D eigenvalue weighted by Crippen LogP contribution is -2.31. The van der Waals surface area contributed by atoms with Crippen molar-refractivity contribution in [2.45, 2.75) is 65.7 Å². The van der Waals surface area contributed by atoms with Crippen LogP contribution in [0.4, 0.5) is 13.2 Å². The molecule has 2 aromatic carbocycles. The number of carbonyl (C=O) groups excluding carboxylic acids is 1. The average Bonchev–Trinajstić information content (AvgIpc) is 2.65. The van der Waals surface area contributed by atoms with Crippen LogP contribution in [0, 0.1) is 12.8 Å². The van der Waals surface area contributed by atoms with Gasteiger partial charge in [-0.05, 0) is 68.0 Å². The van der Waals surface area contributed by atoms with Crippen LogP contribution >= 0.6 is 0 Å². The first-order valence-electron chi connectivity index (χ1n) is 9.53. The summed E-state index contributed by atoms with van der Waals surface area (Å²) in [5, 5.41) is 1.95. The fourth-order valence-corrected chi connectivity index (χ4v) is 3.50. The van der Waals surface area contributed by atoms with Crippen LogP contribution in [-0.2, 0) is 0 Å². The van der Waals surface area contributed by atoms with Gasteiger partial charge in [0.25, 0.3) is 0 Å². The molecule has 2 aromatic rings. The molecule has 2 nitrogen and oxygen atoms in total. The normalized spacial score (nSPS) is 20.0. The Hall–Kier alpha value is -2.04. The highest BCUT2D eigenvalue weighted by atomic mass is 19.4. The van der Waals surface area contributed by atoms with Crippen molar-refractivity contribution in [1.29, 1.82) is 0 Å². The number of Topliss-reactive ketones (excluding diaryl/α,β-unsaturated/α-hetero) is 1. The lowest BCUT2D eigenvalue weighted by molar-refractivity contribution is -0.185. The number of rotatable bonds is 3. The van der Waals surface area contributed by atoms with Crippen molar-refractivity contribution in [3.05, 3.63) is 41.5 Å². The average molecular weight is 380 g/mol. The lowest BCUT2D eigenvalue weighted by Gasteiger charge is -2.30. The smallest absolute Gasteiger partial charge is 0.391 e. The molecule has 0 aliphatic heterocycles. The molecule has 1 saturated carbocycles. The molecule has 0 atom stereocenters. The zero-order valence-corrected chi connectivity index (χ0v) is 16.3. The zero-order chi connectivity index (χ0) is 20.2. The second-order valence-corrected chi connectivity index (χ2v) is 6.81. The minimum atomic E-state index is -4.10. The summed E-state index contributed by atoms with van der Waals surface area (Å²) < 4.78 is 44.3. The van der Waals surface area contributed by atoms with Gasteiger partial charge in [0.1, 0.15) is 5.75 Å². The van der Waals surface area contributed by atoms with Gasteiger partial charge in [-0.15, -0.1) is 0 Å². The number of halogens is 3. The van der Waals surface area contributed by atoms with Crippen molar-refractivity contribution in [2.24, 2.45) is 5.92 Å². The molecule has 0 saturated heterocycles. The molecule has 5 heteroatoms. The van der Waals surface area contributed by atoms with Gasteiger partial charge in [0.2, 0.25) is 0 Å². The van der Waals surface area contributed by atoms with Crippen LogP contribution in [0.2, 0.25) is 0 Å². The van der Waals surface area contributed by atoms with E-state index in [1.165, 1.54) is 6.92 Å². The van der Waals surface area contributed by atoms with Crippen LogP contribution < -0.4 is 4.74 Å². The monoisotopic (exact) mass is 380 g/mol. The summed E-state index contributed by atoms with van der Waals surface area (Å²) in [4.78, 5) is 11.5. The molecule has 0 amide bonds. The molecule has 148 valence electrons. The Morgan fingerprint density at radius 1 is 1.04 bits per heavy atom. The molecule has 0 bridgehead atoms. The standard InChI is InChI=1S/C20H21F3O2.C2H6/c1-12-18-9-3-14(13(2)24)11-15(18)4-10-19(12)25-17-7-5-16(6-8-17)20(21,22)23;1-2/h3-4,9-11,16-17H,5-8H2,1-2H3;1-2H3. The van der Waals surface area contributed by atoms with Crippen molar-refractivity contribution < 1.29 is 22.7 Å². The number of alkyl halides is 3. The first-order chi connectivity index (χ1) is 12.8. The highest BCUT2D eigenvalue weighted by Gasteiger charge is 2.41. The van der Waals surface area contributed by atoms with E-state index in [9.17, 15) is 18.0 Å². The van der Waals surface area contributed by atoms with Crippen molar-refractivity contribution in [3.63, 3.8) is 0 Å². The van der Waals surface area contributed by atoms with E-state index in [1.807, 2.05) is 45.0 Å². The van der Waals surface area contributed by atoms with E-state index in [4.69, 9.17) is 4.74 Å². The first kappa shape index (κ1) is 21.3. The lowest BCUT2D eigenvalue weighted by atomic mass is 9.87. The Kier molecular flexibility index (Phi) is 6.90. The van der Waals surface area contributed by atoms with Crippen LogP contribution in [0.1, 0.15) is 62.4 Å². The fraction of sp³-hybridized carbons (Fsp3) is 0.500. The molecule has 3 rings (SSSR count). The van der Waals surface area contributed by atoms with E-state index < -0.39 is 12.1 Å². The molecule has 0 N–H and O–H groups in total. The Morgan fingerprint density at radius 3 is 2.22 bits per heavy atom. The molecule has 0 radical (unpaired) electrons. The van der Waals surface area contributed by atoms with Crippen molar-refractivity contribution in [1.82, 2.24) is 0 Å². The zero-order valence-electron chi connectivity index (χ0n) is 16.3. The van der Waals surface area contributed by atoms with Crippen molar-refractivity contribution >= 4 is 16.6 Å². The number of fused-ring (bicyclic) bond motifs is 1. The van der Waals surface area contributed by atoms with E-state index in [1.54, 1.807) is 6.07 Å². The fourth-order valence-electron chi connectivity index (χ4n) is 3.50. The Bertz CT molecular complexity index is 788. The summed E-state index contributed by atoms with van der Waals surface area (Å²) in [6, 6.07) is 9.27. The largest absolute Gasteiger partial charge is 0.490 e. The highest BCUT2D eigenvalue weighted by molar-refractivity contribution is 5.99. The summed E-state index contributed by atoms with van der Waals surface area (Å²) in [6.45, 7) is 7.47. The minimum Gasteiger partial charge on any atom is -0.490 e. The summed E-state index contributed by atoms with van der Waals surface area (Å²) in [5.74, 6) is -0.477. The molecule has 27 heavy (non-hydrogen) atoms. The summed E-state index contributed by atoms with van der Waals surface area (Å²) in [7, 11) is 0. The Balaban J connectivity index is 0.00000126. The number of ether oxygens (including phenoxy) is 1. The maximum atomic E-state index is 12.8. The van der Waals surface area contributed by atoms with Crippen LogP contribution in [0.5, 0.6) is 5.75 Å². The van der Waals surface area contributed by atoms with Gasteiger partial charge >= 0.3 is 6.18 Å². The van der Waals surface area contributed by atoms with Gasteiger partial charge in [-0.3, -0.25) is 4.79 Å².